The van der Waals surface area contributed by atoms with Crippen LogP contribution in [0.5, 0.6) is 0 Å². The number of piperidine rings is 1. The molecule has 0 aromatic carbocycles. The highest BCUT2D eigenvalue weighted by atomic mass is 16.5. The molecule has 0 spiro atoms. The van der Waals surface area contributed by atoms with Gasteiger partial charge in [0.15, 0.2) is 0 Å². The third kappa shape index (κ3) is 4.56. The number of β-amino-alcohol motifs (C(OH)–C–C–N with tert-alkyl or cyclic N) is 1. The van der Waals surface area contributed by atoms with Crippen molar-refractivity contribution in [2.75, 3.05) is 39.9 Å². The molecule has 0 aromatic heterocycles. The molecule has 3 aliphatic rings. The van der Waals surface area contributed by atoms with Gasteiger partial charge in [-0.15, -0.1) is 0 Å². The maximum Gasteiger partial charge on any atom is 0.237 e. The van der Waals surface area contributed by atoms with Gasteiger partial charge in [0.25, 0.3) is 0 Å². The molecule has 7 nitrogen and oxygen atoms in total. The third-order valence-electron chi connectivity index (χ3n) is 6.17. The number of nitrogens with one attached hydrogen (secondary N) is 1. The molecule has 2 heterocycles. The summed E-state index contributed by atoms with van der Waals surface area (Å²) in [5.74, 6) is 0.541. The molecule has 2 amide bonds. The standard InChI is InChI=1S/C19H33N3O4/c1-26-11-8-20-18(24)17-12-16(23)13-22(17)15-6-9-21(10-7-15)19(25)14-4-2-3-5-14/h14-17,23H,2-13H2,1H3,(H,20,24)/t16-,17+/m1/s1. The van der Waals surface area contributed by atoms with Gasteiger partial charge in [0, 0.05) is 45.2 Å². The maximum atomic E-state index is 12.6. The van der Waals surface area contributed by atoms with Gasteiger partial charge in [0.1, 0.15) is 0 Å². The van der Waals surface area contributed by atoms with E-state index in [1.165, 1.54) is 12.8 Å². The number of rotatable bonds is 6. The number of likely N-dealkylation sites (tertiary alicyclic amines) is 2. The van der Waals surface area contributed by atoms with Gasteiger partial charge < -0.3 is 20.1 Å². The molecule has 2 atom stereocenters. The van der Waals surface area contributed by atoms with Crippen LogP contribution in [0.15, 0.2) is 0 Å². The van der Waals surface area contributed by atoms with Crippen LogP contribution in [0.1, 0.15) is 44.9 Å². The number of aliphatic hydroxyl groups is 1. The van der Waals surface area contributed by atoms with E-state index >= 15 is 0 Å². The van der Waals surface area contributed by atoms with Crippen molar-refractivity contribution in [2.24, 2.45) is 5.92 Å². The number of hydrogen-bond acceptors (Lipinski definition) is 5. The lowest BCUT2D eigenvalue weighted by molar-refractivity contribution is -0.137. The van der Waals surface area contributed by atoms with Crippen LogP contribution in [0.2, 0.25) is 0 Å². The van der Waals surface area contributed by atoms with E-state index in [0.717, 1.165) is 38.8 Å². The van der Waals surface area contributed by atoms with Gasteiger partial charge in [-0.05, 0) is 32.1 Å². The number of nitrogens with zero attached hydrogens (tertiary/aromatic N) is 2. The van der Waals surface area contributed by atoms with E-state index in [4.69, 9.17) is 4.74 Å². The molecular weight excluding hydrogens is 334 g/mol. The van der Waals surface area contributed by atoms with Crippen molar-refractivity contribution in [3.8, 4) is 0 Å². The molecule has 2 N–H and O–H groups in total. The van der Waals surface area contributed by atoms with Gasteiger partial charge in [-0.3, -0.25) is 14.5 Å². The maximum absolute atomic E-state index is 12.6. The van der Waals surface area contributed by atoms with Crippen molar-refractivity contribution in [3.05, 3.63) is 0 Å². The SMILES string of the molecule is COCCNC(=O)[C@@H]1C[C@@H](O)CN1C1CCN(C(=O)C2CCCC2)CC1. The van der Waals surface area contributed by atoms with Crippen molar-refractivity contribution >= 4 is 11.8 Å². The zero-order valence-corrected chi connectivity index (χ0v) is 15.9. The van der Waals surface area contributed by atoms with Crippen LogP contribution in [-0.2, 0) is 14.3 Å². The molecular formula is C19H33N3O4. The fourth-order valence-corrected chi connectivity index (χ4v) is 4.74. The molecule has 26 heavy (non-hydrogen) atoms. The Bertz CT molecular complexity index is 487. The second-order valence-corrected chi connectivity index (χ2v) is 7.92. The number of methoxy groups -OCH3 is 1. The molecule has 1 saturated carbocycles. The Kier molecular flexibility index (Phi) is 6.89. The number of carbonyl (C=O) groups excluding carboxylic acids is 2. The van der Waals surface area contributed by atoms with E-state index in [1.54, 1.807) is 7.11 Å². The average Bonchev–Trinajstić information content (AvgIpc) is 3.31. The van der Waals surface area contributed by atoms with Crippen molar-refractivity contribution in [1.82, 2.24) is 15.1 Å². The summed E-state index contributed by atoms with van der Waals surface area (Å²) < 4.78 is 4.98. The Morgan fingerprint density at radius 1 is 1.15 bits per heavy atom. The van der Waals surface area contributed by atoms with Gasteiger partial charge in [0.05, 0.1) is 18.8 Å². The molecule has 0 bridgehead atoms. The topological polar surface area (TPSA) is 82.1 Å². The van der Waals surface area contributed by atoms with Crippen molar-refractivity contribution in [2.45, 2.75) is 63.1 Å². The van der Waals surface area contributed by atoms with Crippen LogP contribution in [0, 0.1) is 5.92 Å². The first kappa shape index (κ1) is 19.6. The second kappa shape index (κ2) is 9.15. The predicted molar refractivity (Wildman–Crippen MR) is 97.6 cm³/mol. The number of ether oxygens (including phenoxy) is 1. The highest BCUT2D eigenvalue weighted by Gasteiger charge is 2.41. The molecule has 7 heteroatoms. The normalized spacial score (nSPS) is 28.6. The van der Waals surface area contributed by atoms with Crippen LogP contribution in [0.3, 0.4) is 0 Å². The van der Waals surface area contributed by atoms with Crippen molar-refractivity contribution in [1.29, 1.82) is 0 Å². The molecule has 3 rings (SSSR count). The summed E-state index contributed by atoms with van der Waals surface area (Å²) in [7, 11) is 1.61. The molecule has 148 valence electrons. The summed E-state index contributed by atoms with van der Waals surface area (Å²) in [6.45, 7) is 3.06. The lowest BCUT2D eigenvalue weighted by Gasteiger charge is -2.39. The fraction of sp³-hybridized carbons (Fsp3) is 0.895. The predicted octanol–water partition coefficient (Wildman–Crippen LogP) is 0.365. The summed E-state index contributed by atoms with van der Waals surface area (Å²) in [5, 5.41) is 13.0. The highest BCUT2D eigenvalue weighted by molar-refractivity contribution is 5.82. The van der Waals surface area contributed by atoms with Crippen molar-refractivity contribution in [3.63, 3.8) is 0 Å². The monoisotopic (exact) mass is 367 g/mol. The molecule has 0 aromatic rings. The van der Waals surface area contributed by atoms with Crippen molar-refractivity contribution < 1.29 is 19.4 Å². The van der Waals surface area contributed by atoms with E-state index in [2.05, 4.69) is 10.2 Å². The van der Waals surface area contributed by atoms with Crippen LogP contribution in [0.4, 0.5) is 0 Å². The smallest absolute Gasteiger partial charge is 0.237 e. The third-order valence-corrected chi connectivity index (χ3v) is 6.17. The Hall–Kier alpha value is -1.18. The van der Waals surface area contributed by atoms with E-state index in [-0.39, 0.29) is 23.9 Å². The van der Waals surface area contributed by atoms with E-state index in [9.17, 15) is 14.7 Å². The second-order valence-electron chi connectivity index (χ2n) is 7.92. The fourth-order valence-electron chi connectivity index (χ4n) is 4.74. The number of carbonyl (C=O) groups is 2. The Morgan fingerprint density at radius 2 is 1.85 bits per heavy atom. The Labute approximate surface area is 156 Å². The number of hydrogen-bond donors (Lipinski definition) is 2. The van der Waals surface area contributed by atoms with Crippen LogP contribution < -0.4 is 5.32 Å². The van der Waals surface area contributed by atoms with Crippen LogP contribution in [0.25, 0.3) is 0 Å². The van der Waals surface area contributed by atoms with E-state index < -0.39 is 6.10 Å². The molecule has 3 fully saturated rings. The minimum absolute atomic E-state index is 0.0249. The van der Waals surface area contributed by atoms with Gasteiger partial charge in [-0.1, -0.05) is 12.8 Å². The van der Waals surface area contributed by atoms with Gasteiger partial charge >= 0.3 is 0 Å². The summed E-state index contributed by atoms with van der Waals surface area (Å²) >= 11 is 0. The number of amides is 2. The first-order valence-corrected chi connectivity index (χ1v) is 10.1. The molecule has 0 radical (unpaired) electrons. The summed E-state index contributed by atoms with van der Waals surface area (Å²) in [4.78, 5) is 29.3. The van der Waals surface area contributed by atoms with Crippen LogP contribution in [-0.4, -0.2) is 84.8 Å². The van der Waals surface area contributed by atoms with E-state index in [1.807, 2.05) is 4.90 Å². The first-order valence-electron chi connectivity index (χ1n) is 10.1. The van der Waals surface area contributed by atoms with Gasteiger partial charge in [0.2, 0.25) is 11.8 Å². The van der Waals surface area contributed by atoms with Crippen LogP contribution >= 0.6 is 0 Å². The minimum Gasteiger partial charge on any atom is -0.392 e. The van der Waals surface area contributed by atoms with Gasteiger partial charge in [-0.25, -0.2) is 0 Å². The zero-order chi connectivity index (χ0) is 18.5. The Morgan fingerprint density at radius 3 is 2.50 bits per heavy atom. The summed E-state index contributed by atoms with van der Waals surface area (Å²) in [5.41, 5.74) is 0. The van der Waals surface area contributed by atoms with E-state index in [0.29, 0.717) is 32.0 Å². The minimum atomic E-state index is -0.452. The summed E-state index contributed by atoms with van der Waals surface area (Å²) in [6.07, 6.45) is 6.24. The lowest BCUT2D eigenvalue weighted by atomic mass is 9.99. The highest BCUT2D eigenvalue weighted by Crippen LogP contribution is 2.30. The summed E-state index contributed by atoms with van der Waals surface area (Å²) in [6, 6.07) is -0.0121. The lowest BCUT2D eigenvalue weighted by Crippen LogP contribution is -2.52. The zero-order valence-electron chi connectivity index (χ0n) is 15.9. The molecule has 0 unspecified atom stereocenters. The largest absolute Gasteiger partial charge is 0.392 e. The Balaban J connectivity index is 1.51. The first-order chi connectivity index (χ1) is 12.6. The average molecular weight is 367 g/mol. The molecule has 2 aliphatic heterocycles. The molecule has 2 saturated heterocycles. The van der Waals surface area contributed by atoms with Gasteiger partial charge in [-0.2, -0.15) is 0 Å². The quantitative estimate of drug-likeness (QED) is 0.663. The molecule has 1 aliphatic carbocycles. The number of aliphatic hydroxyl groups excluding tert-OH is 1.